The maximum Gasteiger partial charge on any atom is 0.247 e. The molecular weight excluding hydrogens is 306 g/mol. The molecule has 0 atom stereocenters. The zero-order valence-corrected chi connectivity index (χ0v) is 12.6. The minimum atomic E-state index is -0.323. The highest BCUT2D eigenvalue weighted by Crippen LogP contribution is 2.26. The smallest absolute Gasteiger partial charge is 0.247 e. The summed E-state index contributed by atoms with van der Waals surface area (Å²) >= 11 is 1.15. The summed E-state index contributed by atoms with van der Waals surface area (Å²) in [6, 6.07) is 4.77. The number of nitrogens with zero attached hydrogens (tertiary/aromatic N) is 3. The van der Waals surface area contributed by atoms with Gasteiger partial charge in [0.05, 0.1) is 19.2 Å². The molecule has 0 aliphatic carbocycles. The topological polar surface area (TPSA) is 123 Å². The highest BCUT2D eigenvalue weighted by Gasteiger charge is 2.07. The van der Waals surface area contributed by atoms with Crippen molar-refractivity contribution in [3.05, 3.63) is 28.8 Å². The maximum absolute atomic E-state index is 11.6. The zero-order chi connectivity index (χ0) is 15.9. The van der Waals surface area contributed by atoms with Gasteiger partial charge in [-0.2, -0.15) is 5.10 Å². The number of phenols is 1. The predicted molar refractivity (Wildman–Crippen MR) is 83.0 cm³/mol. The van der Waals surface area contributed by atoms with Gasteiger partial charge in [0.25, 0.3) is 0 Å². The maximum atomic E-state index is 11.6. The average Bonchev–Trinajstić information content (AvgIpc) is 2.88. The van der Waals surface area contributed by atoms with E-state index in [9.17, 15) is 9.90 Å². The van der Waals surface area contributed by atoms with Gasteiger partial charge < -0.3 is 15.6 Å². The first-order valence-corrected chi connectivity index (χ1v) is 7.25. The Morgan fingerprint density at radius 1 is 1.55 bits per heavy atom. The van der Waals surface area contributed by atoms with Gasteiger partial charge in [-0.25, -0.2) is 5.43 Å². The Balaban J connectivity index is 1.91. The third-order valence-electron chi connectivity index (χ3n) is 2.48. The molecule has 1 heterocycles. The number of hydrogen-bond donors (Lipinski definition) is 3. The van der Waals surface area contributed by atoms with Gasteiger partial charge in [0, 0.05) is 0 Å². The summed E-state index contributed by atoms with van der Waals surface area (Å²) in [7, 11) is 0. The molecule has 1 aromatic heterocycles. The number of nitrogens with one attached hydrogen (secondary N) is 1. The molecule has 2 rings (SSSR count). The molecule has 0 aliphatic heterocycles. The fraction of sp³-hybridized carbons (Fsp3) is 0.231. The van der Waals surface area contributed by atoms with Gasteiger partial charge in [-0.1, -0.05) is 11.3 Å². The van der Waals surface area contributed by atoms with E-state index in [0.717, 1.165) is 11.3 Å². The SMILES string of the molecule is CCOc1cc(C=NNC(=O)Cc2nnc(N)s2)ccc1O. The quantitative estimate of drug-likeness (QED) is 0.537. The van der Waals surface area contributed by atoms with Gasteiger partial charge in [-0.3, -0.25) is 4.79 Å². The minimum Gasteiger partial charge on any atom is -0.504 e. The fourth-order valence-electron chi connectivity index (χ4n) is 1.58. The number of amides is 1. The number of aromatic nitrogens is 2. The first kappa shape index (κ1) is 15.7. The number of nitrogen functional groups attached to an aromatic ring is 1. The number of carbonyl (C=O) groups is 1. The third-order valence-corrected chi connectivity index (χ3v) is 3.23. The fourth-order valence-corrected chi connectivity index (χ4v) is 2.18. The van der Waals surface area contributed by atoms with Crippen molar-refractivity contribution in [3.8, 4) is 11.5 Å². The summed E-state index contributed by atoms with van der Waals surface area (Å²) in [6.07, 6.45) is 1.51. The van der Waals surface area contributed by atoms with E-state index in [1.165, 1.54) is 12.3 Å². The normalized spacial score (nSPS) is 10.8. The van der Waals surface area contributed by atoms with Gasteiger partial charge >= 0.3 is 0 Å². The van der Waals surface area contributed by atoms with Crippen molar-refractivity contribution in [2.75, 3.05) is 12.3 Å². The molecule has 1 amide bonds. The molecule has 0 unspecified atom stereocenters. The molecule has 0 bridgehead atoms. The number of hydrazone groups is 1. The van der Waals surface area contributed by atoms with E-state index in [0.29, 0.717) is 28.1 Å². The lowest BCUT2D eigenvalue weighted by Gasteiger charge is -2.05. The molecule has 1 aromatic carbocycles. The zero-order valence-electron chi connectivity index (χ0n) is 11.8. The van der Waals surface area contributed by atoms with Crippen LogP contribution < -0.4 is 15.9 Å². The van der Waals surface area contributed by atoms with Crippen molar-refractivity contribution in [2.45, 2.75) is 13.3 Å². The second-order valence-corrected chi connectivity index (χ2v) is 5.26. The molecule has 0 spiro atoms. The number of benzene rings is 1. The lowest BCUT2D eigenvalue weighted by atomic mass is 10.2. The van der Waals surface area contributed by atoms with E-state index in [1.807, 2.05) is 6.92 Å². The predicted octanol–water partition coefficient (Wildman–Crippen LogP) is 0.917. The Morgan fingerprint density at radius 2 is 2.36 bits per heavy atom. The number of anilines is 1. The van der Waals surface area contributed by atoms with Crippen LogP contribution in [-0.2, 0) is 11.2 Å². The van der Waals surface area contributed by atoms with Crippen LogP contribution in [0, 0.1) is 0 Å². The van der Waals surface area contributed by atoms with Crippen LogP contribution in [0.25, 0.3) is 0 Å². The molecule has 0 radical (unpaired) electrons. The Morgan fingerprint density at radius 3 is 3.05 bits per heavy atom. The standard InChI is InChI=1S/C13H15N5O3S/c1-2-21-10-5-8(3-4-9(10)19)7-15-16-11(20)6-12-17-18-13(14)22-12/h3-5,7,19H,2,6H2,1H3,(H2,14,18)(H,16,20). The molecule has 0 saturated carbocycles. The summed E-state index contributed by atoms with van der Waals surface area (Å²) in [5.74, 6) is 0.0928. The number of nitrogens with two attached hydrogens (primary N) is 1. The van der Waals surface area contributed by atoms with E-state index in [1.54, 1.807) is 12.1 Å². The second kappa shape index (κ2) is 7.36. The van der Waals surface area contributed by atoms with Crippen molar-refractivity contribution in [3.63, 3.8) is 0 Å². The molecule has 8 nitrogen and oxygen atoms in total. The number of hydrogen-bond acceptors (Lipinski definition) is 8. The van der Waals surface area contributed by atoms with Gasteiger partial charge in [0.15, 0.2) is 11.5 Å². The van der Waals surface area contributed by atoms with Crippen LogP contribution in [0.2, 0.25) is 0 Å². The molecule has 0 fully saturated rings. The van der Waals surface area contributed by atoms with Crippen molar-refractivity contribution < 1.29 is 14.6 Å². The van der Waals surface area contributed by atoms with Crippen LogP contribution >= 0.6 is 11.3 Å². The largest absolute Gasteiger partial charge is 0.504 e. The monoisotopic (exact) mass is 321 g/mol. The van der Waals surface area contributed by atoms with E-state index in [-0.39, 0.29) is 18.1 Å². The number of ether oxygens (including phenoxy) is 1. The van der Waals surface area contributed by atoms with Crippen LogP contribution in [0.1, 0.15) is 17.5 Å². The van der Waals surface area contributed by atoms with Gasteiger partial charge in [-0.05, 0) is 30.7 Å². The molecule has 0 saturated heterocycles. The number of carbonyl (C=O) groups excluding carboxylic acids is 1. The molecule has 2 aromatic rings. The second-order valence-electron chi connectivity index (χ2n) is 4.16. The van der Waals surface area contributed by atoms with E-state index >= 15 is 0 Å². The van der Waals surface area contributed by atoms with Crippen LogP contribution in [0.4, 0.5) is 5.13 Å². The lowest BCUT2D eigenvalue weighted by molar-refractivity contribution is -0.120. The summed E-state index contributed by atoms with van der Waals surface area (Å²) < 4.78 is 5.26. The average molecular weight is 321 g/mol. The van der Waals surface area contributed by atoms with E-state index < -0.39 is 0 Å². The number of aromatic hydroxyl groups is 1. The third kappa shape index (κ3) is 4.42. The van der Waals surface area contributed by atoms with Crippen molar-refractivity contribution in [2.24, 2.45) is 5.10 Å². The summed E-state index contributed by atoms with van der Waals surface area (Å²) in [4.78, 5) is 11.6. The molecule has 116 valence electrons. The van der Waals surface area contributed by atoms with Gasteiger partial charge in [0.1, 0.15) is 5.01 Å². The molecule has 9 heteroatoms. The molecular formula is C13H15N5O3S. The Hall–Kier alpha value is -2.68. The van der Waals surface area contributed by atoms with Gasteiger partial charge in [0.2, 0.25) is 11.0 Å². The van der Waals surface area contributed by atoms with Crippen LogP contribution in [0.5, 0.6) is 11.5 Å². The van der Waals surface area contributed by atoms with E-state index in [4.69, 9.17) is 10.5 Å². The minimum absolute atomic E-state index is 0.0527. The first-order valence-electron chi connectivity index (χ1n) is 6.44. The Labute approximate surface area is 130 Å². The molecule has 0 aliphatic rings. The molecule has 22 heavy (non-hydrogen) atoms. The number of phenolic OH excluding ortho intramolecular Hbond substituents is 1. The summed E-state index contributed by atoms with van der Waals surface area (Å²) in [6.45, 7) is 2.26. The Bertz CT molecular complexity index is 686. The van der Waals surface area contributed by atoms with Crippen LogP contribution in [-0.4, -0.2) is 34.0 Å². The van der Waals surface area contributed by atoms with E-state index in [2.05, 4.69) is 20.7 Å². The van der Waals surface area contributed by atoms with Crippen LogP contribution in [0.3, 0.4) is 0 Å². The lowest BCUT2D eigenvalue weighted by Crippen LogP contribution is -2.19. The first-order chi connectivity index (χ1) is 10.6. The van der Waals surface area contributed by atoms with Crippen molar-refractivity contribution >= 4 is 28.6 Å². The summed E-state index contributed by atoms with van der Waals surface area (Å²) in [5.41, 5.74) is 8.50. The van der Waals surface area contributed by atoms with Crippen molar-refractivity contribution in [1.29, 1.82) is 0 Å². The molecule has 4 N–H and O–H groups in total. The highest BCUT2D eigenvalue weighted by molar-refractivity contribution is 7.15. The van der Waals surface area contributed by atoms with Crippen molar-refractivity contribution in [1.82, 2.24) is 15.6 Å². The van der Waals surface area contributed by atoms with Crippen LogP contribution in [0.15, 0.2) is 23.3 Å². The summed E-state index contributed by atoms with van der Waals surface area (Å²) in [5, 5.41) is 21.6. The Kier molecular flexibility index (Phi) is 5.26. The highest BCUT2D eigenvalue weighted by atomic mass is 32.1. The number of rotatable bonds is 6. The van der Waals surface area contributed by atoms with Gasteiger partial charge in [-0.15, -0.1) is 10.2 Å².